The number of allylic oxidation sites excluding steroid dienone is 6. The molecule has 0 aromatic rings. The van der Waals surface area contributed by atoms with Crippen LogP contribution in [0.4, 0.5) is 0 Å². The van der Waals surface area contributed by atoms with Gasteiger partial charge in [-0.15, -0.1) is 0 Å². The van der Waals surface area contributed by atoms with Gasteiger partial charge < -0.3 is 0 Å². The summed E-state index contributed by atoms with van der Waals surface area (Å²) in [6.45, 7) is 11.4. The smallest absolute Gasteiger partial charge is 0.0924 e. The van der Waals surface area contributed by atoms with E-state index in [-0.39, 0.29) is 0 Å². The monoisotopic (exact) mass is 226 g/mol. The van der Waals surface area contributed by atoms with Crippen molar-refractivity contribution in [2.75, 3.05) is 0 Å². The van der Waals surface area contributed by atoms with Gasteiger partial charge in [-0.25, -0.2) is 0 Å². The van der Waals surface area contributed by atoms with Gasteiger partial charge in [-0.1, -0.05) is 37.5 Å². The van der Waals surface area contributed by atoms with Crippen LogP contribution < -0.4 is 0 Å². The van der Waals surface area contributed by atoms with Gasteiger partial charge in [-0.3, -0.25) is 9.98 Å². The van der Waals surface area contributed by atoms with E-state index in [1.54, 1.807) is 18.5 Å². The quantitative estimate of drug-likeness (QED) is 0.633. The molecule has 1 aliphatic rings. The normalized spacial score (nSPS) is 17.1. The van der Waals surface area contributed by atoms with E-state index in [4.69, 9.17) is 0 Å². The van der Waals surface area contributed by atoms with E-state index in [2.05, 4.69) is 29.2 Å². The van der Waals surface area contributed by atoms with Crippen LogP contribution in [0.25, 0.3) is 0 Å². The SMILES string of the molecule is C=CC=NC1=C(C=C)CC(/C=C\C)=C1N=CC. The van der Waals surface area contributed by atoms with Gasteiger partial charge >= 0.3 is 0 Å². The van der Waals surface area contributed by atoms with Crippen LogP contribution in [-0.4, -0.2) is 12.4 Å². The first kappa shape index (κ1) is 13.1. The van der Waals surface area contributed by atoms with E-state index in [0.29, 0.717) is 0 Å². The molecule has 0 radical (unpaired) electrons. The van der Waals surface area contributed by atoms with Gasteiger partial charge in [0.15, 0.2) is 0 Å². The van der Waals surface area contributed by atoms with Crippen LogP contribution in [0.5, 0.6) is 0 Å². The standard InChI is InChI=1S/C15H18N2/c1-5-9-13-11-12(7-3)14(17-10-6-2)15(13)16-8-4/h5-10H,2-3,11H2,1,4H3/b9-5-,16-8?,17-10?. The zero-order valence-electron chi connectivity index (χ0n) is 10.5. The van der Waals surface area contributed by atoms with Crippen LogP contribution >= 0.6 is 0 Å². The summed E-state index contributed by atoms with van der Waals surface area (Å²) >= 11 is 0. The van der Waals surface area contributed by atoms with Crippen LogP contribution in [0, 0.1) is 0 Å². The Kier molecular flexibility index (Phi) is 5.08. The number of rotatable bonds is 5. The first-order valence-electron chi connectivity index (χ1n) is 5.64. The highest BCUT2D eigenvalue weighted by molar-refractivity contribution is 5.73. The first-order chi connectivity index (χ1) is 8.28. The number of hydrogen-bond donors (Lipinski definition) is 0. The largest absolute Gasteiger partial charge is 0.259 e. The number of hydrogen-bond acceptors (Lipinski definition) is 2. The van der Waals surface area contributed by atoms with Crippen LogP contribution in [0.2, 0.25) is 0 Å². The van der Waals surface area contributed by atoms with Crippen molar-refractivity contribution < 1.29 is 0 Å². The Morgan fingerprint density at radius 2 is 1.76 bits per heavy atom. The summed E-state index contributed by atoms with van der Waals surface area (Å²) in [7, 11) is 0. The van der Waals surface area contributed by atoms with E-state index in [9.17, 15) is 0 Å². The second-order valence-electron chi connectivity index (χ2n) is 3.53. The minimum atomic E-state index is 0.838. The molecule has 0 bridgehead atoms. The summed E-state index contributed by atoms with van der Waals surface area (Å²) in [5.74, 6) is 0. The Morgan fingerprint density at radius 1 is 1.06 bits per heavy atom. The van der Waals surface area contributed by atoms with Crippen molar-refractivity contribution in [1.82, 2.24) is 0 Å². The molecule has 17 heavy (non-hydrogen) atoms. The van der Waals surface area contributed by atoms with E-state index in [1.807, 2.05) is 26.0 Å². The lowest BCUT2D eigenvalue weighted by Crippen LogP contribution is -1.84. The van der Waals surface area contributed by atoms with Gasteiger partial charge in [0, 0.05) is 18.9 Å². The van der Waals surface area contributed by atoms with Crippen molar-refractivity contribution in [3.63, 3.8) is 0 Å². The van der Waals surface area contributed by atoms with Gasteiger partial charge in [0.2, 0.25) is 0 Å². The molecular weight excluding hydrogens is 208 g/mol. The average molecular weight is 226 g/mol. The topological polar surface area (TPSA) is 24.7 Å². The fourth-order valence-corrected chi connectivity index (χ4v) is 1.73. The van der Waals surface area contributed by atoms with Crippen LogP contribution in [0.1, 0.15) is 20.3 Å². The molecule has 0 saturated heterocycles. The van der Waals surface area contributed by atoms with E-state index < -0.39 is 0 Å². The van der Waals surface area contributed by atoms with Crippen LogP contribution in [0.3, 0.4) is 0 Å². The highest BCUT2D eigenvalue weighted by Gasteiger charge is 2.20. The summed E-state index contributed by atoms with van der Waals surface area (Å²) in [6, 6.07) is 0. The molecule has 0 amide bonds. The Bertz CT molecular complexity index is 457. The molecule has 0 aliphatic heterocycles. The molecule has 0 heterocycles. The van der Waals surface area contributed by atoms with Crippen LogP contribution in [0.15, 0.2) is 70.0 Å². The Balaban J connectivity index is 3.27. The fourth-order valence-electron chi connectivity index (χ4n) is 1.73. The zero-order chi connectivity index (χ0) is 12.7. The third-order valence-corrected chi connectivity index (χ3v) is 2.40. The molecule has 2 nitrogen and oxygen atoms in total. The molecule has 0 aromatic heterocycles. The maximum absolute atomic E-state index is 4.41. The Labute approximate surface area is 103 Å². The van der Waals surface area contributed by atoms with Gasteiger partial charge in [-0.05, 0) is 25.0 Å². The highest BCUT2D eigenvalue weighted by Crippen LogP contribution is 2.35. The molecule has 1 aliphatic carbocycles. The molecule has 88 valence electrons. The van der Waals surface area contributed by atoms with Gasteiger partial charge in [-0.2, -0.15) is 0 Å². The van der Waals surface area contributed by atoms with E-state index in [1.165, 1.54) is 5.57 Å². The molecule has 2 heteroatoms. The lowest BCUT2D eigenvalue weighted by atomic mass is 10.1. The van der Waals surface area contributed by atoms with E-state index >= 15 is 0 Å². The predicted octanol–water partition coefficient (Wildman–Crippen LogP) is 4.01. The molecule has 0 aromatic carbocycles. The summed E-state index contributed by atoms with van der Waals surface area (Å²) in [5, 5.41) is 0. The molecule has 0 fully saturated rings. The Hall–Kier alpha value is -1.96. The van der Waals surface area contributed by atoms with Crippen LogP contribution in [-0.2, 0) is 0 Å². The summed E-state index contributed by atoms with van der Waals surface area (Å²) in [6.07, 6.45) is 11.9. The molecule has 0 spiro atoms. The van der Waals surface area contributed by atoms with Crippen molar-refractivity contribution >= 4 is 12.4 Å². The molecule has 1 rings (SSSR count). The molecule has 0 saturated carbocycles. The van der Waals surface area contributed by atoms with E-state index in [0.717, 1.165) is 23.4 Å². The fraction of sp³-hybridized carbons (Fsp3) is 0.200. The molecule has 0 N–H and O–H groups in total. The predicted molar refractivity (Wildman–Crippen MR) is 76.5 cm³/mol. The molecular formula is C15H18N2. The lowest BCUT2D eigenvalue weighted by molar-refractivity contribution is 1.23. The van der Waals surface area contributed by atoms with Crippen molar-refractivity contribution in [2.45, 2.75) is 20.3 Å². The van der Waals surface area contributed by atoms with Gasteiger partial charge in [0.25, 0.3) is 0 Å². The lowest BCUT2D eigenvalue weighted by Gasteiger charge is -1.99. The number of aliphatic imine (C=N–C) groups is 2. The minimum Gasteiger partial charge on any atom is -0.259 e. The van der Waals surface area contributed by atoms with Crippen molar-refractivity contribution in [2.24, 2.45) is 9.98 Å². The second kappa shape index (κ2) is 6.59. The first-order valence-corrected chi connectivity index (χ1v) is 5.64. The molecule has 0 atom stereocenters. The maximum Gasteiger partial charge on any atom is 0.0924 e. The summed E-state index contributed by atoms with van der Waals surface area (Å²) in [4.78, 5) is 8.79. The average Bonchev–Trinajstić information content (AvgIpc) is 2.66. The van der Waals surface area contributed by atoms with Crippen molar-refractivity contribution in [3.05, 3.63) is 60.0 Å². The molecule has 0 unspecified atom stereocenters. The van der Waals surface area contributed by atoms with Gasteiger partial charge in [0.1, 0.15) is 0 Å². The second-order valence-corrected chi connectivity index (χ2v) is 3.53. The van der Waals surface area contributed by atoms with Crippen molar-refractivity contribution in [1.29, 1.82) is 0 Å². The van der Waals surface area contributed by atoms with Crippen molar-refractivity contribution in [3.8, 4) is 0 Å². The number of nitrogens with zero attached hydrogens (tertiary/aromatic N) is 2. The Morgan fingerprint density at radius 3 is 2.29 bits per heavy atom. The highest BCUT2D eigenvalue weighted by atomic mass is 14.9. The maximum atomic E-state index is 4.41. The summed E-state index contributed by atoms with van der Waals surface area (Å²) < 4.78 is 0. The summed E-state index contributed by atoms with van der Waals surface area (Å²) in [5.41, 5.74) is 4.11. The minimum absolute atomic E-state index is 0.838. The zero-order valence-corrected chi connectivity index (χ0v) is 10.5. The third-order valence-electron chi connectivity index (χ3n) is 2.40. The third kappa shape index (κ3) is 3.00. The van der Waals surface area contributed by atoms with Gasteiger partial charge in [0.05, 0.1) is 11.4 Å².